The maximum Gasteiger partial charge on any atom is 0.253 e. The van der Waals surface area contributed by atoms with Gasteiger partial charge in [0, 0.05) is 48.9 Å². The van der Waals surface area contributed by atoms with E-state index in [0.717, 1.165) is 13.0 Å². The van der Waals surface area contributed by atoms with E-state index >= 15 is 0 Å². The highest BCUT2D eigenvalue weighted by Crippen LogP contribution is 2.38. The molecule has 0 bridgehead atoms. The fourth-order valence-electron chi connectivity index (χ4n) is 3.99. The van der Waals surface area contributed by atoms with Crippen LogP contribution in [0.3, 0.4) is 0 Å². The van der Waals surface area contributed by atoms with E-state index in [0.29, 0.717) is 48.8 Å². The van der Waals surface area contributed by atoms with Crippen LogP contribution < -0.4 is 10.6 Å². The Bertz CT molecular complexity index is 960. The van der Waals surface area contributed by atoms with Crippen LogP contribution in [-0.2, 0) is 16.1 Å². The van der Waals surface area contributed by atoms with Crippen LogP contribution in [0, 0.1) is 17.8 Å². The second-order valence-corrected chi connectivity index (χ2v) is 8.53. The summed E-state index contributed by atoms with van der Waals surface area (Å²) in [6.07, 6.45) is 5.67. The van der Waals surface area contributed by atoms with Gasteiger partial charge in [-0.25, -0.2) is 0 Å². The molecular weight excluding hydrogens is 394 g/mol. The minimum Gasteiger partial charge on any atom is -0.339 e. The Balaban J connectivity index is 1.26. The van der Waals surface area contributed by atoms with Crippen molar-refractivity contribution in [2.45, 2.75) is 39.7 Å². The summed E-state index contributed by atoms with van der Waals surface area (Å²) < 4.78 is 1.76. The van der Waals surface area contributed by atoms with E-state index in [1.54, 1.807) is 40.0 Å². The third kappa shape index (κ3) is 4.95. The van der Waals surface area contributed by atoms with Crippen molar-refractivity contribution in [1.82, 2.24) is 14.7 Å². The second-order valence-electron chi connectivity index (χ2n) is 8.53. The molecule has 2 atom stereocenters. The van der Waals surface area contributed by atoms with Gasteiger partial charge in [-0.3, -0.25) is 19.1 Å². The maximum atomic E-state index is 12.8. The first kappa shape index (κ1) is 21.1. The summed E-state index contributed by atoms with van der Waals surface area (Å²) in [7, 11) is 0. The Morgan fingerprint density at radius 1 is 1.03 bits per heavy atom. The van der Waals surface area contributed by atoms with Crippen molar-refractivity contribution in [1.29, 1.82) is 0 Å². The van der Waals surface area contributed by atoms with Crippen LogP contribution in [0.5, 0.6) is 0 Å². The van der Waals surface area contributed by atoms with Crippen molar-refractivity contribution in [2.24, 2.45) is 17.8 Å². The van der Waals surface area contributed by atoms with Crippen LogP contribution in [0.1, 0.15) is 43.5 Å². The summed E-state index contributed by atoms with van der Waals surface area (Å²) in [6.45, 7) is 5.90. The Hall–Kier alpha value is -3.16. The summed E-state index contributed by atoms with van der Waals surface area (Å²) in [4.78, 5) is 39.2. The molecule has 3 amide bonds. The second kappa shape index (κ2) is 8.91. The largest absolute Gasteiger partial charge is 0.339 e. The Kier molecular flexibility index (Phi) is 6.06. The van der Waals surface area contributed by atoms with Crippen molar-refractivity contribution >= 4 is 29.1 Å². The van der Waals surface area contributed by atoms with Crippen LogP contribution >= 0.6 is 0 Å². The van der Waals surface area contributed by atoms with Gasteiger partial charge in [0.15, 0.2) is 0 Å². The fourth-order valence-corrected chi connectivity index (χ4v) is 3.99. The number of anilines is 2. The highest BCUT2D eigenvalue weighted by Gasteiger charge is 2.39. The number of benzene rings is 1. The smallest absolute Gasteiger partial charge is 0.253 e. The first-order valence-electron chi connectivity index (χ1n) is 11.0. The maximum absolute atomic E-state index is 12.8. The lowest BCUT2D eigenvalue weighted by atomic mass is 9.95. The molecule has 1 aromatic heterocycles. The molecule has 164 valence electrons. The number of aromatic nitrogens is 2. The minimum absolute atomic E-state index is 0.0205. The van der Waals surface area contributed by atoms with E-state index < -0.39 is 0 Å². The minimum atomic E-state index is -0.114. The van der Waals surface area contributed by atoms with Crippen molar-refractivity contribution in [2.75, 3.05) is 23.7 Å². The lowest BCUT2D eigenvalue weighted by Gasteiger charge is -2.31. The predicted octanol–water partition coefficient (Wildman–Crippen LogP) is 2.99. The van der Waals surface area contributed by atoms with Crippen LogP contribution in [0.15, 0.2) is 36.7 Å². The normalized spacial score (nSPS) is 20.9. The zero-order valence-electron chi connectivity index (χ0n) is 18.0. The monoisotopic (exact) mass is 423 g/mol. The van der Waals surface area contributed by atoms with Crippen LogP contribution in [0.25, 0.3) is 0 Å². The molecule has 2 aromatic rings. The van der Waals surface area contributed by atoms with E-state index in [9.17, 15) is 14.4 Å². The van der Waals surface area contributed by atoms with E-state index in [1.807, 2.05) is 13.1 Å². The molecule has 0 spiro atoms. The van der Waals surface area contributed by atoms with Crippen LogP contribution in [0.2, 0.25) is 0 Å². The molecule has 1 aromatic carbocycles. The Labute approximate surface area is 182 Å². The van der Waals surface area contributed by atoms with Gasteiger partial charge in [-0.15, -0.1) is 0 Å². The number of likely N-dealkylation sites (tertiary alicyclic amines) is 1. The third-order valence-corrected chi connectivity index (χ3v) is 6.22. The Morgan fingerprint density at radius 2 is 1.68 bits per heavy atom. The van der Waals surface area contributed by atoms with Gasteiger partial charge in [0.2, 0.25) is 11.8 Å². The topological polar surface area (TPSA) is 96.3 Å². The highest BCUT2D eigenvalue weighted by molar-refractivity contribution is 5.97. The molecule has 2 fully saturated rings. The van der Waals surface area contributed by atoms with E-state index in [-0.39, 0.29) is 29.6 Å². The third-order valence-electron chi connectivity index (χ3n) is 6.22. The van der Waals surface area contributed by atoms with Gasteiger partial charge in [0.05, 0.1) is 11.9 Å². The first-order chi connectivity index (χ1) is 14.9. The number of hydrogen-bond acceptors (Lipinski definition) is 4. The van der Waals surface area contributed by atoms with Crippen molar-refractivity contribution in [3.05, 3.63) is 42.2 Å². The number of carbonyl (C=O) groups is 3. The molecule has 1 saturated carbocycles. The van der Waals surface area contributed by atoms with Gasteiger partial charge in [-0.1, -0.05) is 6.92 Å². The van der Waals surface area contributed by atoms with E-state index in [1.165, 1.54) is 0 Å². The fraction of sp³-hybridized carbons (Fsp3) is 0.478. The molecule has 0 radical (unpaired) electrons. The summed E-state index contributed by atoms with van der Waals surface area (Å²) in [5, 5.41) is 9.99. The number of carbonyl (C=O) groups excluding carboxylic acids is 3. The molecule has 2 N–H and O–H groups in total. The number of piperidine rings is 1. The zero-order valence-corrected chi connectivity index (χ0v) is 18.0. The molecule has 1 aliphatic heterocycles. The quantitative estimate of drug-likeness (QED) is 0.747. The summed E-state index contributed by atoms with van der Waals surface area (Å²) >= 11 is 0. The average molecular weight is 424 g/mol. The molecule has 4 rings (SSSR count). The SMILES string of the molecule is CCn1cc(NC(=O)C2CCN(C(=O)c3ccc(NC(=O)C4CC4C)cc3)CC2)cn1. The van der Waals surface area contributed by atoms with Gasteiger partial charge in [0.25, 0.3) is 5.91 Å². The number of nitrogens with zero attached hydrogens (tertiary/aromatic N) is 3. The van der Waals surface area contributed by atoms with Gasteiger partial charge < -0.3 is 15.5 Å². The lowest BCUT2D eigenvalue weighted by molar-refractivity contribution is -0.121. The summed E-state index contributed by atoms with van der Waals surface area (Å²) in [5.41, 5.74) is 2.00. The molecule has 8 heteroatoms. The van der Waals surface area contributed by atoms with Crippen molar-refractivity contribution in [3.63, 3.8) is 0 Å². The van der Waals surface area contributed by atoms with Gasteiger partial charge in [-0.2, -0.15) is 5.10 Å². The van der Waals surface area contributed by atoms with E-state index in [2.05, 4.69) is 22.7 Å². The molecule has 8 nitrogen and oxygen atoms in total. The van der Waals surface area contributed by atoms with Crippen LogP contribution in [-0.4, -0.2) is 45.5 Å². The van der Waals surface area contributed by atoms with Crippen molar-refractivity contribution in [3.8, 4) is 0 Å². The van der Waals surface area contributed by atoms with E-state index in [4.69, 9.17) is 0 Å². The number of aryl methyl sites for hydroxylation is 1. The van der Waals surface area contributed by atoms with Crippen molar-refractivity contribution < 1.29 is 14.4 Å². The molecule has 1 saturated heterocycles. The lowest BCUT2D eigenvalue weighted by Crippen LogP contribution is -2.41. The van der Waals surface area contributed by atoms with Gasteiger partial charge in [-0.05, 0) is 56.4 Å². The van der Waals surface area contributed by atoms with Gasteiger partial charge in [0.1, 0.15) is 0 Å². The summed E-state index contributed by atoms with van der Waals surface area (Å²) in [5.74, 6) is 0.442. The molecule has 2 unspecified atom stereocenters. The van der Waals surface area contributed by atoms with Gasteiger partial charge >= 0.3 is 0 Å². The first-order valence-corrected chi connectivity index (χ1v) is 11.0. The molecule has 31 heavy (non-hydrogen) atoms. The number of nitrogens with one attached hydrogen (secondary N) is 2. The van der Waals surface area contributed by atoms with Crippen LogP contribution in [0.4, 0.5) is 11.4 Å². The highest BCUT2D eigenvalue weighted by atomic mass is 16.2. The standard InChI is InChI=1S/C23H29N5O3/c1-3-28-14-19(13-24-28)26-21(29)16-8-10-27(11-9-16)23(31)17-4-6-18(7-5-17)25-22(30)20-12-15(20)2/h4-7,13-16,20H,3,8-12H2,1-2H3,(H,25,30)(H,26,29). The average Bonchev–Trinajstić information content (AvgIpc) is 3.35. The predicted molar refractivity (Wildman–Crippen MR) is 118 cm³/mol. The number of amides is 3. The molecular formula is C23H29N5O3. The summed E-state index contributed by atoms with van der Waals surface area (Å²) in [6, 6.07) is 7.04. The Morgan fingerprint density at radius 3 is 2.26 bits per heavy atom. The molecule has 2 aliphatic rings. The molecule has 2 heterocycles. The number of rotatable bonds is 6. The number of hydrogen-bond donors (Lipinski definition) is 2. The molecule has 1 aliphatic carbocycles. The zero-order chi connectivity index (χ0) is 22.0.